The van der Waals surface area contributed by atoms with E-state index in [1.165, 1.54) is 0 Å². The summed E-state index contributed by atoms with van der Waals surface area (Å²) in [6.45, 7) is 1.27. The van der Waals surface area contributed by atoms with Crippen LogP contribution in [0.3, 0.4) is 0 Å². The summed E-state index contributed by atoms with van der Waals surface area (Å²) in [6.07, 6.45) is 2.00. The predicted octanol–water partition coefficient (Wildman–Crippen LogP) is 4.15. The highest BCUT2D eigenvalue weighted by molar-refractivity contribution is 5.82. The minimum Gasteiger partial charge on any atom is -0.493 e. The van der Waals surface area contributed by atoms with E-state index in [-0.39, 0.29) is 0 Å². The maximum atomic E-state index is 6.01. The molecule has 0 bridgehead atoms. The Bertz CT molecular complexity index is 1100. The molecule has 0 radical (unpaired) electrons. The third kappa shape index (κ3) is 3.84. The number of rotatable bonds is 8. The van der Waals surface area contributed by atoms with Crippen molar-refractivity contribution in [1.82, 2.24) is 15.1 Å². The lowest BCUT2D eigenvalue weighted by molar-refractivity contribution is 0.323. The first-order valence-corrected chi connectivity index (χ1v) is 9.64. The van der Waals surface area contributed by atoms with E-state index in [1.807, 2.05) is 55.7 Å². The van der Waals surface area contributed by atoms with Gasteiger partial charge in [0.1, 0.15) is 11.3 Å². The van der Waals surface area contributed by atoms with Gasteiger partial charge >= 0.3 is 0 Å². The molecule has 0 spiro atoms. The van der Waals surface area contributed by atoms with Crippen molar-refractivity contribution in [2.24, 2.45) is 7.05 Å². The van der Waals surface area contributed by atoms with Crippen LogP contribution in [0.15, 0.2) is 53.1 Å². The van der Waals surface area contributed by atoms with Crippen LogP contribution < -0.4 is 19.5 Å². The fourth-order valence-corrected chi connectivity index (χ4v) is 3.55. The standard InChI is InChI=1S/C23H25N3O4/c1-26-14-17(22(25-26)19-11-16-7-5-6-8-18(16)30-19)13-24-12-15-9-20(27-2)23(29-4)21(10-15)28-3/h5-11,14,24H,12-13H2,1-4H3. The van der Waals surface area contributed by atoms with Gasteiger partial charge in [-0.05, 0) is 29.8 Å². The Balaban J connectivity index is 1.53. The Morgan fingerprint density at radius 3 is 2.37 bits per heavy atom. The smallest absolute Gasteiger partial charge is 0.203 e. The Kier molecular flexibility index (Phi) is 5.63. The normalized spacial score (nSPS) is 11.1. The molecule has 2 heterocycles. The first-order chi connectivity index (χ1) is 14.6. The number of hydrogen-bond acceptors (Lipinski definition) is 6. The second-order valence-electron chi connectivity index (χ2n) is 6.96. The molecule has 0 aliphatic heterocycles. The lowest BCUT2D eigenvalue weighted by Crippen LogP contribution is -2.13. The minimum atomic E-state index is 0.586. The molecule has 30 heavy (non-hydrogen) atoms. The molecule has 156 valence electrons. The number of aromatic nitrogens is 2. The van der Waals surface area contributed by atoms with Crippen LogP contribution in [0.1, 0.15) is 11.1 Å². The van der Waals surface area contributed by atoms with Gasteiger partial charge in [0.15, 0.2) is 17.3 Å². The Labute approximate surface area is 175 Å². The maximum Gasteiger partial charge on any atom is 0.203 e. The first kappa shape index (κ1) is 19.8. The van der Waals surface area contributed by atoms with Gasteiger partial charge in [-0.15, -0.1) is 0 Å². The maximum absolute atomic E-state index is 6.01. The Morgan fingerprint density at radius 2 is 1.70 bits per heavy atom. The lowest BCUT2D eigenvalue weighted by atomic mass is 10.1. The summed E-state index contributed by atoms with van der Waals surface area (Å²) in [5, 5.41) is 9.14. The monoisotopic (exact) mass is 407 g/mol. The average Bonchev–Trinajstić information content (AvgIpc) is 3.35. The van der Waals surface area contributed by atoms with E-state index in [4.69, 9.17) is 18.6 Å². The molecule has 4 rings (SSSR count). The van der Waals surface area contributed by atoms with E-state index >= 15 is 0 Å². The zero-order valence-electron chi connectivity index (χ0n) is 17.6. The lowest BCUT2D eigenvalue weighted by Gasteiger charge is -2.14. The average molecular weight is 407 g/mol. The van der Waals surface area contributed by atoms with Crippen LogP contribution in [0.5, 0.6) is 17.2 Å². The second-order valence-corrected chi connectivity index (χ2v) is 6.96. The summed E-state index contributed by atoms with van der Waals surface area (Å²) < 4.78 is 24.1. The summed E-state index contributed by atoms with van der Waals surface area (Å²) in [7, 11) is 6.74. The summed E-state index contributed by atoms with van der Waals surface area (Å²) >= 11 is 0. The molecule has 0 amide bonds. The van der Waals surface area contributed by atoms with Crippen molar-refractivity contribution in [2.45, 2.75) is 13.1 Å². The van der Waals surface area contributed by atoms with Crippen molar-refractivity contribution in [3.05, 3.63) is 59.8 Å². The number of para-hydroxylation sites is 1. The Hall–Kier alpha value is -3.45. The van der Waals surface area contributed by atoms with Crippen LogP contribution in [-0.4, -0.2) is 31.1 Å². The number of aryl methyl sites for hydroxylation is 1. The first-order valence-electron chi connectivity index (χ1n) is 9.64. The van der Waals surface area contributed by atoms with Crippen molar-refractivity contribution in [3.63, 3.8) is 0 Å². The second kappa shape index (κ2) is 8.51. The number of hydrogen-bond donors (Lipinski definition) is 1. The van der Waals surface area contributed by atoms with E-state index in [1.54, 1.807) is 26.0 Å². The fourth-order valence-electron chi connectivity index (χ4n) is 3.55. The van der Waals surface area contributed by atoms with Crippen molar-refractivity contribution in [3.8, 4) is 28.7 Å². The highest BCUT2D eigenvalue weighted by Gasteiger charge is 2.16. The van der Waals surface area contributed by atoms with E-state index in [0.717, 1.165) is 33.6 Å². The van der Waals surface area contributed by atoms with E-state index in [0.29, 0.717) is 30.3 Å². The molecular formula is C23H25N3O4. The molecule has 2 aromatic heterocycles. The van der Waals surface area contributed by atoms with Crippen LogP contribution in [0.2, 0.25) is 0 Å². The number of furan rings is 1. The van der Waals surface area contributed by atoms with Crippen molar-refractivity contribution < 1.29 is 18.6 Å². The van der Waals surface area contributed by atoms with Crippen molar-refractivity contribution in [1.29, 1.82) is 0 Å². The van der Waals surface area contributed by atoms with Gasteiger partial charge in [0.2, 0.25) is 5.75 Å². The third-order valence-corrected chi connectivity index (χ3v) is 4.93. The third-order valence-electron chi connectivity index (χ3n) is 4.93. The zero-order chi connectivity index (χ0) is 21.1. The predicted molar refractivity (Wildman–Crippen MR) is 115 cm³/mol. The van der Waals surface area contributed by atoms with Crippen LogP contribution in [0.25, 0.3) is 22.4 Å². The molecular weight excluding hydrogens is 382 g/mol. The van der Waals surface area contributed by atoms with Crippen LogP contribution >= 0.6 is 0 Å². The van der Waals surface area contributed by atoms with Crippen LogP contribution in [0, 0.1) is 0 Å². The summed E-state index contributed by atoms with van der Waals surface area (Å²) in [4.78, 5) is 0. The highest BCUT2D eigenvalue weighted by Crippen LogP contribution is 2.38. The Morgan fingerprint density at radius 1 is 0.967 bits per heavy atom. The molecule has 0 unspecified atom stereocenters. The van der Waals surface area contributed by atoms with Crippen LogP contribution in [0.4, 0.5) is 0 Å². The summed E-state index contributed by atoms with van der Waals surface area (Å²) in [5.41, 5.74) is 3.78. The number of ether oxygens (including phenoxy) is 3. The number of benzene rings is 2. The summed E-state index contributed by atoms with van der Waals surface area (Å²) in [5.74, 6) is 2.63. The largest absolute Gasteiger partial charge is 0.493 e. The minimum absolute atomic E-state index is 0.586. The SMILES string of the molecule is COc1cc(CNCc2cn(C)nc2-c2cc3ccccc3o2)cc(OC)c1OC. The van der Waals surface area contributed by atoms with Crippen molar-refractivity contribution >= 4 is 11.0 Å². The zero-order valence-corrected chi connectivity index (χ0v) is 17.6. The number of nitrogens with one attached hydrogen (secondary N) is 1. The van der Waals surface area contributed by atoms with Gasteiger partial charge in [0, 0.05) is 37.3 Å². The molecule has 0 fully saturated rings. The molecule has 4 aromatic rings. The van der Waals surface area contributed by atoms with Gasteiger partial charge in [-0.25, -0.2) is 0 Å². The van der Waals surface area contributed by atoms with Gasteiger partial charge < -0.3 is 23.9 Å². The number of nitrogens with zero attached hydrogens (tertiary/aromatic N) is 2. The van der Waals surface area contributed by atoms with Gasteiger partial charge in [0.25, 0.3) is 0 Å². The highest BCUT2D eigenvalue weighted by atomic mass is 16.5. The van der Waals surface area contributed by atoms with E-state index in [9.17, 15) is 0 Å². The molecule has 1 N–H and O–H groups in total. The van der Waals surface area contributed by atoms with Gasteiger partial charge in [-0.1, -0.05) is 18.2 Å². The molecule has 0 aliphatic carbocycles. The molecule has 0 aliphatic rings. The van der Waals surface area contributed by atoms with E-state index in [2.05, 4.69) is 10.4 Å². The molecule has 0 saturated heterocycles. The fraction of sp³-hybridized carbons (Fsp3) is 0.261. The van der Waals surface area contributed by atoms with Gasteiger partial charge in [0.05, 0.1) is 21.3 Å². The molecule has 7 nitrogen and oxygen atoms in total. The molecule has 2 aromatic carbocycles. The van der Waals surface area contributed by atoms with Crippen molar-refractivity contribution in [2.75, 3.05) is 21.3 Å². The van der Waals surface area contributed by atoms with E-state index < -0.39 is 0 Å². The quantitative estimate of drug-likeness (QED) is 0.473. The summed E-state index contributed by atoms with van der Waals surface area (Å²) in [6, 6.07) is 13.9. The molecule has 7 heteroatoms. The van der Waals surface area contributed by atoms with Crippen LogP contribution in [-0.2, 0) is 20.1 Å². The topological polar surface area (TPSA) is 70.7 Å². The van der Waals surface area contributed by atoms with Gasteiger partial charge in [-0.3, -0.25) is 4.68 Å². The number of fused-ring (bicyclic) bond motifs is 1. The molecule has 0 saturated carbocycles. The molecule has 0 atom stereocenters. The number of methoxy groups -OCH3 is 3. The van der Waals surface area contributed by atoms with Gasteiger partial charge in [-0.2, -0.15) is 5.10 Å².